The van der Waals surface area contributed by atoms with E-state index in [0.29, 0.717) is 18.5 Å². The van der Waals surface area contributed by atoms with Crippen molar-refractivity contribution in [2.45, 2.75) is 38.8 Å². The lowest BCUT2D eigenvalue weighted by Crippen LogP contribution is -2.36. The molecule has 0 radical (unpaired) electrons. The molecule has 0 spiro atoms. The predicted molar refractivity (Wildman–Crippen MR) is 79.5 cm³/mol. The highest BCUT2D eigenvalue weighted by Crippen LogP contribution is 2.28. The minimum Gasteiger partial charge on any atom is -0.444 e. The molecule has 2 rings (SSSR count). The first-order valence-corrected chi connectivity index (χ1v) is 7.21. The van der Waals surface area contributed by atoms with Crippen molar-refractivity contribution < 1.29 is 9.53 Å². The zero-order valence-corrected chi connectivity index (χ0v) is 12.5. The SMILES string of the molecule is CC(C)(C)OC(=O)NC[C@H]1CCN[C@@H]1c1ccccc1. The van der Waals surface area contributed by atoms with E-state index in [1.807, 2.05) is 39.0 Å². The zero-order chi connectivity index (χ0) is 14.6. The molecule has 0 aliphatic carbocycles. The Labute approximate surface area is 120 Å². The number of alkyl carbamates (subject to hydrolysis) is 1. The van der Waals surface area contributed by atoms with Gasteiger partial charge >= 0.3 is 6.09 Å². The van der Waals surface area contributed by atoms with E-state index in [4.69, 9.17) is 4.74 Å². The van der Waals surface area contributed by atoms with Crippen molar-refractivity contribution >= 4 is 6.09 Å². The zero-order valence-electron chi connectivity index (χ0n) is 12.5. The van der Waals surface area contributed by atoms with Crippen molar-refractivity contribution in [3.8, 4) is 0 Å². The van der Waals surface area contributed by atoms with E-state index >= 15 is 0 Å². The maximum absolute atomic E-state index is 11.7. The number of carbonyl (C=O) groups excluding carboxylic acids is 1. The molecule has 1 aliphatic heterocycles. The monoisotopic (exact) mass is 276 g/mol. The number of rotatable bonds is 3. The van der Waals surface area contributed by atoms with E-state index < -0.39 is 5.60 Å². The van der Waals surface area contributed by atoms with Gasteiger partial charge in [-0.1, -0.05) is 30.3 Å². The standard InChI is InChI=1S/C16H24N2O2/c1-16(2,3)20-15(19)18-11-13-9-10-17-14(13)12-7-5-4-6-8-12/h4-8,13-14,17H,9-11H2,1-3H3,(H,18,19)/t13-,14-/m1/s1. The van der Waals surface area contributed by atoms with Gasteiger partial charge in [0.25, 0.3) is 0 Å². The molecule has 0 unspecified atom stereocenters. The van der Waals surface area contributed by atoms with Crippen molar-refractivity contribution in [1.29, 1.82) is 0 Å². The number of carbonyl (C=O) groups is 1. The lowest BCUT2D eigenvalue weighted by molar-refractivity contribution is 0.0518. The Morgan fingerprint density at radius 1 is 1.35 bits per heavy atom. The van der Waals surface area contributed by atoms with Crippen LogP contribution >= 0.6 is 0 Å². The first-order chi connectivity index (χ1) is 9.46. The third-order valence-electron chi connectivity index (χ3n) is 3.42. The molecule has 20 heavy (non-hydrogen) atoms. The Kier molecular flexibility index (Phi) is 4.65. The molecule has 1 aromatic rings. The maximum Gasteiger partial charge on any atom is 0.407 e. The lowest BCUT2D eigenvalue weighted by Gasteiger charge is -2.23. The van der Waals surface area contributed by atoms with Crippen LogP contribution in [0.15, 0.2) is 30.3 Å². The molecular formula is C16H24N2O2. The Morgan fingerprint density at radius 3 is 2.70 bits per heavy atom. The summed E-state index contributed by atoms with van der Waals surface area (Å²) in [6, 6.07) is 10.7. The molecule has 0 bridgehead atoms. The lowest BCUT2D eigenvalue weighted by atomic mass is 9.94. The van der Waals surface area contributed by atoms with Crippen LogP contribution in [0.4, 0.5) is 4.79 Å². The van der Waals surface area contributed by atoms with Crippen LogP contribution in [0.5, 0.6) is 0 Å². The number of hydrogen-bond donors (Lipinski definition) is 2. The number of ether oxygens (including phenoxy) is 1. The molecule has 4 heteroatoms. The van der Waals surface area contributed by atoms with Crippen molar-refractivity contribution in [2.75, 3.05) is 13.1 Å². The van der Waals surface area contributed by atoms with Crippen LogP contribution in [0.3, 0.4) is 0 Å². The average Bonchev–Trinajstić information content (AvgIpc) is 2.83. The number of nitrogens with one attached hydrogen (secondary N) is 2. The van der Waals surface area contributed by atoms with Crippen molar-refractivity contribution in [2.24, 2.45) is 5.92 Å². The van der Waals surface area contributed by atoms with Crippen LogP contribution in [0.1, 0.15) is 38.8 Å². The highest BCUT2D eigenvalue weighted by molar-refractivity contribution is 5.67. The van der Waals surface area contributed by atoms with E-state index in [-0.39, 0.29) is 6.09 Å². The minimum absolute atomic E-state index is 0.311. The molecule has 1 aromatic carbocycles. The van der Waals surface area contributed by atoms with Crippen LogP contribution in [0.2, 0.25) is 0 Å². The van der Waals surface area contributed by atoms with E-state index in [9.17, 15) is 4.79 Å². The highest BCUT2D eigenvalue weighted by atomic mass is 16.6. The second kappa shape index (κ2) is 6.27. The number of amides is 1. The Bertz CT molecular complexity index is 440. The Hall–Kier alpha value is -1.55. The summed E-state index contributed by atoms with van der Waals surface area (Å²) < 4.78 is 5.27. The smallest absolute Gasteiger partial charge is 0.407 e. The summed E-state index contributed by atoms with van der Waals surface area (Å²) in [5, 5.41) is 6.38. The van der Waals surface area contributed by atoms with Gasteiger partial charge in [0.2, 0.25) is 0 Å². The molecule has 1 amide bonds. The van der Waals surface area contributed by atoms with E-state index in [0.717, 1.165) is 13.0 Å². The second-order valence-electron chi connectivity index (χ2n) is 6.27. The van der Waals surface area contributed by atoms with Gasteiger partial charge in [-0.3, -0.25) is 0 Å². The molecular weight excluding hydrogens is 252 g/mol. The maximum atomic E-state index is 11.7. The number of benzene rings is 1. The summed E-state index contributed by atoms with van der Waals surface area (Å²) in [7, 11) is 0. The van der Waals surface area contributed by atoms with Crippen LogP contribution in [0.25, 0.3) is 0 Å². The van der Waals surface area contributed by atoms with Gasteiger partial charge in [0.05, 0.1) is 0 Å². The predicted octanol–water partition coefficient (Wildman–Crippen LogP) is 2.86. The van der Waals surface area contributed by atoms with Crippen LogP contribution in [-0.2, 0) is 4.74 Å². The fourth-order valence-corrected chi connectivity index (χ4v) is 2.56. The Balaban J connectivity index is 1.88. The molecule has 2 N–H and O–H groups in total. The molecule has 1 saturated heterocycles. The van der Waals surface area contributed by atoms with Crippen LogP contribution in [0, 0.1) is 5.92 Å². The third kappa shape index (κ3) is 4.23. The fourth-order valence-electron chi connectivity index (χ4n) is 2.56. The van der Waals surface area contributed by atoms with Crippen molar-refractivity contribution in [3.05, 3.63) is 35.9 Å². The van der Waals surface area contributed by atoms with E-state index in [2.05, 4.69) is 22.8 Å². The molecule has 2 atom stereocenters. The van der Waals surface area contributed by atoms with Crippen LogP contribution in [-0.4, -0.2) is 24.8 Å². The van der Waals surface area contributed by atoms with Gasteiger partial charge in [0, 0.05) is 12.6 Å². The molecule has 4 nitrogen and oxygen atoms in total. The minimum atomic E-state index is -0.448. The average molecular weight is 276 g/mol. The topological polar surface area (TPSA) is 50.4 Å². The third-order valence-corrected chi connectivity index (χ3v) is 3.42. The normalized spacial score (nSPS) is 22.6. The summed E-state index contributed by atoms with van der Waals surface area (Å²) >= 11 is 0. The molecule has 1 fully saturated rings. The van der Waals surface area contributed by atoms with Gasteiger partial charge in [-0.2, -0.15) is 0 Å². The van der Waals surface area contributed by atoms with Crippen LogP contribution < -0.4 is 10.6 Å². The van der Waals surface area contributed by atoms with Gasteiger partial charge in [-0.05, 0) is 45.2 Å². The van der Waals surface area contributed by atoms with Gasteiger partial charge in [-0.15, -0.1) is 0 Å². The first-order valence-electron chi connectivity index (χ1n) is 7.21. The molecule has 1 heterocycles. The summed E-state index contributed by atoms with van der Waals surface area (Å²) in [6.07, 6.45) is 0.728. The van der Waals surface area contributed by atoms with Gasteiger partial charge in [0.15, 0.2) is 0 Å². The van der Waals surface area contributed by atoms with Crippen molar-refractivity contribution in [3.63, 3.8) is 0 Å². The Morgan fingerprint density at radius 2 is 2.05 bits per heavy atom. The second-order valence-corrected chi connectivity index (χ2v) is 6.27. The molecule has 110 valence electrons. The summed E-state index contributed by atoms with van der Waals surface area (Å²) in [5.41, 5.74) is 0.831. The highest BCUT2D eigenvalue weighted by Gasteiger charge is 2.28. The van der Waals surface area contributed by atoms with E-state index in [1.54, 1.807) is 0 Å². The molecule has 0 saturated carbocycles. The number of hydrogen-bond acceptors (Lipinski definition) is 3. The quantitative estimate of drug-likeness (QED) is 0.892. The summed E-state index contributed by atoms with van der Waals surface area (Å²) in [4.78, 5) is 11.7. The van der Waals surface area contributed by atoms with Gasteiger partial charge < -0.3 is 15.4 Å². The molecule has 1 aliphatic rings. The van der Waals surface area contributed by atoms with Gasteiger partial charge in [0.1, 0.15) is 5.60 Å². The summed E-state index contributed by atoms with van der Waals surface area (Å²) in [6.45, 7) is 7.24. The van der Waals surface area contributed by atoms with Gasteiger partial charge in [-0.25, -0.2) is 4.79 Å². The summed E-state index contributed by atoms with van der Waals surface area (Å²) in [5.74, 6) is 0.407. The molecule has 0 aromatic heterocycles. The largest absolute Gasteiger partial charge is 0.444 e. The fraction of sp³-hybridized carbons (Fsp3) is 0.562. The van der Waals surface area contributed by atoms with E-state index in [1.165, 1.54) is 5.56 Å². The first kappa shape index (κ1) is 14.9. The van der Waals surface area contributed by atoms with Crippen molar-refractivity contribution in [1.82, 2.24) is 10.6 Å².